The molecule has 0 bridgehead atoms. The average Bonchev–Trinajstić information content (AvgIpc) is 3.31. The first-order chi connectivity index (χ1) is 14.2. The van der Waals surface area contributed by atoms with Gasteiger partial charge >= 0.3 is 0 Å². The molecule has 1 aromatic carbocycles. The molecular formula is C22H22N6S. The summed E-state index contributed by atoms with van der Waals surface area (Å²) in [5.74, 6) is 0.866. The Morgan fingerprint density at radius 3 is 2.90 bits per heavy atom. The molecule has 146 valence electrons. The fraction of sp³-hybridized carbons (Fsp3) is 0.273. The van der Waals surface area contributed by atoms with Crippen molar-refractivity contribution in [2.24, 2.45) is 0 Å². The van der Waals surface area contributed by atoms with Gasteiger partial charge in [-0.25, -0.2) is 15.0 Å². The summed E-state index contributed by atoms with van der Waals surface area (Å²) in [6.07, 6.45) is 4.49. The lowest BCUT2D eigenvalue weighted by Crippen LogP contribution is -2.15. The van der Waals surface area contributed by atoms with Crippen LogP contribution >= 0.6 is 11.3 Å². The van der Waals surface area contributed by atoms with E-state index in [4.69, 9.17) is 0 Å². The van der Waals surface area contributed by atoms with Gasteiger partial charge in [0, 0.05) is 35.5 Å². The van der Waals surface area contributed by atoms with Crippen molar-refractivity contribution in [1.29, 1.82) is 0 Å². The Morgan fingerprint density at radius 2 is 2.03 bits per heavy atom. The highest BCUT2D eigenvalue weighted by molar-refractivity contribution is 7.11. The molecule has 29 heavy (non-hydrogen) atoms. The van der Waals surface area contributed by atoms with Crippen molar-refractivity contribution in [3.8, 4) is 0 Å². The lowest BCUT2D eigenvalue weighted by Gasteiger charge is -2.13. The van der Waals surface area contributed by atoms with E-state index < -0.39 is 0 Å². The summed E-state index contributed by atoms with van der Waals surface area (Å²) in [5.41, 5.74) is 5.33. The number of thiazole rings is 1. The SMILES string of the molecule is CCc1nc(C)c(CN2Cc3ncnc(Nc4cnc5ccccc5c4)c3C2)s1. The van der Waals surface area contributed by atoms with Crippen molar-refractivity contribution >= 4 is 33.7 Å². The topological polar surface area (TPSA) is 66.8 Å². The summed E-state index contributed by atoms with van der Waals surface area (Å²) in [7, 11) is 0. The molecule has 1 aliphatic rings. The van der Waals surface area contributed by atoms with Crippen LogP contribution in [0.5, 0.6) is 0 Å². The maximum Gasteiger partial charge on any atom is 0.138 e. The van der Waals surface area contributed by atoms with Crippen LogP contribution in [-0.4, -0.2) is 24.8 Å². The van der Waals surface area contributed by atoms with Crippen molar-refractivity contribution < 1.29 is 0 Å². The monoisotopic (exact) mass is 402 g/mol. The van der Waals surface area contributed by atoms with Crippen LogP contribution in [-0.2, 0) is 26.1 Å². The number of aryl methyl sites for hydroxylation is 2. The number of hydrogen-bond acceptors (Lipinski definition) is 7. The van der Waals surface area contributed by atoms with E-state index >= 15 is 0 Å². The molecule has 5 rings (SSSR count). The van der Waals surface area contributed by atoms with Gasteiger partial charge in [0.05, 0.1) is 33.8 Å². The zero-order valence-electron chi connectivity index (χ0n) is 16.5. The van der Waals surface area contributed by atoms with Crippen molar-refractivity contribution in [2.75, 3.05) is 5.32 Å². The molecule has 0 saturated carbocycles. The van der Waals surface area contributed by atoms with Crippen molar-refractivity contribution in [1.82, 2.24) is 24.8 Å². The molecule has 0 amide bonds. The Hall–Kier alpha value is -2.90. The molecule has 6 nitrogen and oxygen atoms in total. The zero-order valence-corrected chi connectivity index (χ0v) is 17.3. The second-order valence-electron chi connectivity index (χ2n) is 7.30. The largest absolute Gasteiger partial charge is 0.339 e. The number of benzene rings is 1. The van der Waals surface area contributed by atoms with Gasteiger partial charge in [0.2, 0.25) is 0 Å². The predicted octanol–water partition coefficient (Wildman–Crippen LogP) is 4.61. The third-order valence-corrected chi connectivity index (χ3v) is 6.54. The van der Waals surface area contributed by atoms with Gasteiger partial charge in [-0.2, -0.15) is 0 Å². The Balaban J connectivity index is 1.37. The Labute approximate surface area is 173 Å². The first kappa shape index (κ1) is 18.1. The highest BCUT2D eigenvalue weighted by atomic mass is 32.1. The van der Waals surface area contributed by atoms with Gasteiger partial charge in [0.25, 0.3) is 0 Å². The van der Waals surface area contributed by atoms with E-state index in [0.29, 0.717) is 0 Å². The van der Waals surface area contributed by atoms with E-state index in [1.54, 1.807) is 6.33 Å². The second kappa shape index (κ2) is 7.50. The molecule has 0 radical (unpaired) electrons. The first-order valence-electron chi connectivity index (χ1n) is 9.81. The molecule has 4 heterocycles. The summed E-state index contributed by atoms with van der Waals surface area (Å²) in [6, 6.07) is 10.2. The molecule has 1 aliphatic heterocycles. The number of fused-ring (bicyclic) bond motifs is 2. The Bertz CT molecular complexity index is 1190. The fourth-order valence-electron chi connectivity index (χ4n) is 3.73. The maximum absolute atomic E-state index is 4.66. The van der Waals surface area contributed by atoms with Crippen LogP contribution in [0.3, 0.4) is 0 Å². The summed E-state index contributed by atoms with van der Waals surface area (Å²) < 4.78 is 0. The number of nitrogens with one attached hydrogen (secondary N) is 1. The molecule has 7 heteroatoms. The minimum absolute atomic E-state index is 0.832. The van der Waals surface area contributed by atoms with Crippen LogP contribution in [0.15, 0.2) is 42.9 Å². The van der Waals surface area contributed by atoms with Crippen molar-refractivity contribution in [3.63, 3.8) is 0 Å². The van der Waals surface area contributed by atoms with Crippen molar-refractivity contribution in [2.45, 2.75) is 39.9 Å². The van der Waals surface area contributed by atoms with Crippen LogP contribution < -0.4 is 5.32 Å². The molecule has 3 aromatic heterocycles. The zero-order chi connectivity index (χ0) is 19.8. The predicted molar refractivity (Wildman–Crippen MR) is 116 cm³/mol. The van der Waals surface area contributed by atoms with Gasteiger partial charge in [-0.3, -0.25) is 9.88 Å². The van der Waals surface area contributed by atoms with E-state index in [1.165, 1.54) is 15.4 Å². The normalized spacial score (nSPS) is 13.7. The minimum atomic E-state index is 0.832. The lowest BCUT2D eigenvalue weighted by atomic mass is 10.2. The number of aromatic nitrogens is 4. The maximum atomic E-state index is 4.66. The number of nitrogens with zero attached hydrogens (tertiary/aromatic N) is 5. The molecule has 0 atom stereocenters. The van der Waals surface area contributed by atoms with Crippen molar-refractivity contribution in [3.05, 3.63) is 69.7 Å². The number of rotatable bonds is 5. The lowest BCUT2D eigenvalue weighted by molar-refractivity contribution is 0.276. The third-order valence-electron chi connectivity index (χ3n) is 5.25. The number of pyridine rings is 1. The quantitative estimate of drug-likeness (QED) is 0.526. The summed E-state index contributed by atoms with van der Waals surface area (Å²) in [6.45, 7) is 6.83. The van der Waals surface area contributed by atoms with Crippen LogP contribution in [0.1, 0.15) is 33.8 Å². The number of anilines is 2. The standard InChI is InChI=1S/C22H22N6S/c1-3-21-26-14(2)20(29-21)12-28-10-17-19(11-28)24-13-25-22(17)27-16-8-15-6-4-5-7-18(15)23-9-16/h4-9,13H,3,10-12H2,1-2H3,(H,24,25,27). The van der Waals surface area contributed by atoms with E-state index in [1.807, 2.05) is 35.7 Å². The van der Waals surface area contributed by atoms with Gasteiger partial charge in [0.15, 0.2) is 0 Å². The van der Waals surface area contributed by atoms with Gasteiger partial charge in [-0.15, -0.1) is 11.3 Å². The van der Waals surface area contributed by atoms with Crippen LogP contribution in [0.25, 0.3) is 10.9 Å². The minimum Gasteiger partial charge on any atom is -0.339 e. The van der Waals surface area contributed by atoms with Gasteiger partial charge < -0.3 is 5.32 Å². The average molecular weight is 403 g/mol. The van der Waals surface area contributed by atoms with Crippen LogP contribution in [0.4, 0.5) is 11.5 Å². The third kappa shape index (κ3) is 3.59. The highest BCUT2D eigenvalue weighted by Gasteiger charge is 2.25. The summed E-state index contributed by atoms with van der Waals surface area (Å²) in [4.78, 5) is 22.0. The van der Waals surface area contributed by atoms with E-state index in [9.17, 15) is 0 Å². The fourth-order valence-corrected chi connectivity index (χ4v) is 4.78. The van der Waals surface area contributed by atoms with Crippen LogP contribution in [0.2, 0.25) is 0 Å². The molecular weight excluding hydrogens is 380 g/mol. The Kier molecular flexibility index (Phi) is 4.69. The molecule has 1 N–H and O–H groups in total. The van der Waals surface area contributed by atoms with Gasteiger partial charge in [-0.1, -0.05) is 25.1 Å². The van der Waals surface area contributed by atoms with E-state index in [-0.39, 0.29) is 0 Å². The Morgan fingerprint density at radius 1 is 1.14 bits per heavy atom. The second-order valence-corrected chi connectivity index (χ2v) is 8.47. The molecule has 4 aromatic rings. The molecule has 0 spiro atoms. The molecule has 0 saturated heterocycles. The first-order valence-corrected chi connectivity index (χ1v) is 10.6. The molecule has 0 unspecified atom stereocenters. The highest BCUT2D eigenvalue weighted by Crippen LogP contribution is 2.31. The number of para-hydroxylation sites is 1. The van der Waals surface area contributed by atoms with Gasteiger partial charge in [0.1, 0.15) is 12.1 Å². The molecule has 0 aliphatic carbocycles. The summed E-state index contributed by atoms with van der Waals surface area (Å²) in [5, 5.41) is 5.77. The number of hydrogen-bond donors (Lipinski definition) is 1. The summed E-state index contributed by atoms with van der Waals surface area (Å²) >= 11 is 1.82. The van der Waals surface area contributed by atoms with Crippen LogP contribution in [0, 0.1) is 6.92 Å². The smallest absolute Gasteiger partial charge is 0.138 e. The molecule has 0 fully saturated rings. The van der Waals surface area contributed by atoms with E-state index in [2.05, 4.69) is 56.1 Å². The van der Waals surface area contributed by atoms with Gasteiger partial charge in [-0.05, 0) is 25.5 Å². The van der Waals surface area contributed by atoms with E-state index in [0.717, 1.165) is 59.9 Å².